The highest BCUT2D eigenvalue weighted by Crippen LogP contribution is 2.33. The molecule has 16 heavy (non-hydrogen) atoms. The molecular weight excluding hydrogens is 267 g/mol. The van der Waals surface area contributed by atoms with Crippen molar-refractivity contribution in [2.24, 2.45) is 5.73 Å². The van der Waals surface area contributed by atoms with E-state index in [1.807, 2.05) is 19.1 Å². The van der Waals surface area contributed by atoms with Gasteiger partial charge in [0.2, 0.25) is 5.91 Å². The molecule has 1 unspecified atom stereocenters. The summed E-state index contributed by atoms with van der Waals surface area (Å²) in [5.74, 6) is -0.0560. The number of nitrogens with one attached hydrogen (secondary N) is 1. The van der Waals surface area contributed by atoms with Crippen molar-refractivity contribution in [3.05, 3.63) is 21.3 Å². The van der Waals surface area contributed by atoms with Crippen molar-refractivity contribution >= 4 is 41.3 Å². The fraction of sp³-hybridized carbons (Fsp3) is 0.500. The third kappa shape index (κ3) is 2.88. The van der Waals surface area contributed by atoms with Gasteiger partial charge < -0.3 is 11.1 Å². The van der Waals surface area contributed by atoms with Gasteiger partial charge in [-0.25, -0.2) is 0 Å². The predicted octanol–water partition coefficient (Wildman–Crippen LogP) is 2.49. The van der Waals surface area contributed by atoms with Crippen LogP contribution in [-0.2, 0) is 4.79 Å². The molecule has 1 atom stereocenters. The number of amides is 1. The Balaban J connectivity index is 0.00000128. The molecule has 0 radical (unpaired) electrons. The van der Waals surface area contributed by atoms with Crippen LogP contribution in [0, 0.1) is 0 Å². The molecule has 0 bridgehead atoms. The Morgan fingerprint density at radius 1 is 1.62 bits per heavy atom. The maximum Gasteiger partial charge on any atom is 0.240 e. The van der Waals surface area contributed by atoms with Crippen LogP contribution in [0.3, 0.4) is 0 Å². The van der Waals surface area contributed by atoms with E-state index in [-0.39, 0.29) is 24.4 Å². The molecule has 3 N–H and O–H groups in total. The van der Waals surface area contributed by atoms with Gasteiger partial charge in [-0.15, -0.1) is 23.7 Å². The number of hydrogen-bond donors (Lipinski definition) is 2. The summed E-state index contributed by atoms with van der Waals surface area (Å²) < 4.78 is 0.736. The zero-order valence-corrected chi connectivity index (χ0v) is 11.2. The van der Waals surface area contributed by atoms with E-state index in [0.29, 0.717) is 0 Å². The van der Waals surface area contributed by atoms with Crippen molar-refractivity contribution in [2.45, 2.75) is 31.3 Å². The number of carbonyl (C=O) groups excluding carboxylic acids is 1. The summed E-state index contributed by atoms with van der Waals surface area (Å²) >= 11 is 7.30. The van der Waals surface area contributed by atoms with Crippen LogP contribution in [0.4, 0.5) is 0 Å². The Bertz CT molecular complexity index is 390. The highest BCUT2D eigenvalue weighted by atomic mass is 35.5. The first-order valence-corrected chi connectivity index (χ1v) is 6.06. The van der Waals surface area contributed by atoms with Gasteiger partial charge in [0.05, 0.1) is 15.9 Å². The van der Waals surface area contributed by atoms with Crippen molar-refractivity contribution in [1.29, 1.82) is 0 Å². The lowest BCUT2D eigenvalue weighted by atomic mass is 10.2. The molecule has 6 heteroatoms. The fourth-order valence-electron chi connectivity index (χ4n) is 1.33. The lowest BCUT2D eigenvalue weighted by Crippen LogP contribution is -2.43. The molecule has 1 aromatic rings. The van der Waals surface area contributed by atoms with Crippen molar-refractivity contribution in [3.8, 4) is 0 Å². The van der Waals surface area contributed by atoms with Crippen LogP contribution in [0.2, 0.25) is 4.34 Å². The number of hydrogen-bond acceptors (Lipinski definition) is 3. The molecule has 1 heterocycles. The molecule has 0 spiro atoms. The second-order valence-electron chi connectivity index (χ2n) is 3.99. The zero-order valence-electron chi connectivity index (χ0n) is 8.83. The molecule has 90 valence electrons. The number of rotatable bonds is 3. The number of thiophene rings is 1. The first-order chi connectivity index (χ1) is 7.01. The summed E-state index contributed by atoms with van der Waals surface area (Å²) in [5, 5.41) is 2.90. The van der Waals surface area contributed by atoms with E-state index in [4.69, 9.17) is 17.3 Å². The van der Waals surface area contributed by atoms with Gasteiger partial charge in [0.25, 0.3) is 0 Å². The van der Waals surface area contributed by atoms with E-state index < -0.39 is 5.54 Å². The second kappa shape index (κ2) is 4.92. The Kier molecular flexibility index (Phi) is 4.23. The summed E-state index contributed by atoms with van der Waals surface area (Å²) in [7, 11) is 0. The summed E-state index contributed by atoms with van der Waals surface area (Å²) in [6.07, 6.45) is 1.58. The molecule has 0 aromatic carbocycles. The smallest absolute Gasteiger partial charge is 0.240 e. The standard InChI is InChI=1S/C10H13ClN2OS.ClH/c1-6(7-2-3-8(11)15-7)13-9(14)10(12)4-5-10;/h2-3,6H,4-5,12H2,1H3,(H,13,14);1H. The zero-order chi connectivity index (χ0) is 11.1. The van der Waals surface area contributed by atoms with Crippen molar-refractivity contribution in [2.75, 3.05) is 0 Å². The SMILES string of the molecule is CC(NC(=O)C1(N)CC1)c1ccc(Cl)s1.Cl. The van der Waals surface area contributed by atoms with Crippen molar-refractivity contribution in [1.82, 2.24) is 5.32 Å². The predicted molar refractivity (Wildman–Crippen MR) is 69.3 cm³/mol. The summed E-state index contributed by atoms with van der Waals surface area (Å²) in [5.41, 5.74) is 5.19. The van der Waals surface area contributed by atoms with E-state index in [9.17, 15) is 4.79 Å². The molecule has 1 saturated carbocycles. The minimum Gasteiger partial charge on any atom is -0.347 e. The first-order valence-electron chi connectivity index (χ1n) is 4.86. The highest BCUT2D eigenvalue weighted by Gasteiger charge is 2.46. The molecule has 1 aliphatic carbocycles. The van der Waals surface area contributed by atoms with E-state index in [0.717, 1.165) is 22.1 Å². The molecule has 1 amide bonds. The summed E-state index contributed by atoms with van der Waals surface area (Å²) in [6.45, 7) is 1.94. The van der Waals surface area contributed by atoms with Gasteiger partial charge in [-0.2, -0.15) is 0 Å². The third-order valence-corrected chi connectivity index (χ3v) is 4.02. The first kappa shape index (κ1) is 13.8. The van der Waals surface area contributed by atoms with Gasteiger partial charge in [0.1, 0.15) is 0 Å². The van der Waals surface area contributed by atoms with E-state index in [1.54, 1.807) is 0 Å². The molecule has 1 aromatic heterocycles. The Hall–Kier alpha value is -0.290. The number of carbonyl (C=O) groups is 1. The minimum atomic E-state index is -0.602. The van der Waals surface area contributed by atoms with Gasteiger partial charge >= 0.3 is 0 Å². The Morgan fingerprint density at radius 3 is 2.69 bits per heavy atom. The monoisotopic (exact) mass is 280 g/mol. The van der Waals surface area contributed by atoms with Crippen molar-refractivity contribution in [3.63, 3.8) is 0 Å². The molecule has 2 rings (SSSR count). The van der Waals surface area contributed by atoms with Gasteiger partial charge in [0.15, 0.2) is 0 Å². The van der Waals surface area contributed by atoms with Crippen LogP contribution in [0.5, 0.6) is 0 Å². The van der Waals surface area contributed by atoms with Crippen LogP contribution >= 0.6 is 35.3 Å². The Labute approximate surface area is 110 Å². The minimum absolute atomic E-state index is 0. The summed E-state index contributed by atoms with van der Waals surface area (Å²) in [4.78, 5) is 12.7. The van der Waals surface area contributed by atoms with Crippen molar-refractivity contribution < 1.29 is 4.79 Å². The van der Waals surface area contributed by atoms with Gasteiger partial charge in [0, 0.05) is 4.88 Å². The molecule has 1 fully saturated rings. The second-order valence-corrected chi connectivity index (χ2v) is 5.74. The molecule has 3 nitrogen and oxygen atoms in total. The van der Waals surface area contributed by atoms with E-state index >= 15 is 0 Å². The lowest BCUT2D eigenvalue weighted by Gasteiger charge is -2.15. The highest BCUT2D eigenvalue weighted by molar-refractivity contribution is 7.16. The maximum atomic E-state index is 11.7. The number of halogens is 2. The van der Waals surface area contributed by atoms with Crippen LogP contribution in [0.25, 0.3) is 0 Å². The fourth-order valence-corrected chi connectivity index (χ4v) is 2.40. The average Bonchev–Trinajstić information content (AvgIpc) is 2.77. The normalized spacial score (nSPS) is 18.4. The molecule has 1 aliphatic rings. The van der Waals surface area contributed by atoms with Gasteiger partial charge in [-0.3, -0.25) is 4.79 Å². The average molecular weight is 281 g/mol. The Morgan fingerprint density at radius 2 is 2.25 bits per heavy atom. The topological polar surface area (TPSA) is 55.1 Å². The van der Waals surface area contributed by atoms with Crippen LogP contribution in [0.15, 0.2) is 12.1 Å². The quantitative estimate of drug-likeness (QED) is 0.894. The van der Waals surface area contributed by atoms with E-state index in [2.05, 4.69) is 5.32 Å². The number of nitrogens with two attached hydrogens (primary N) is 1. The van der Waals surface area contributed by atoms with E-state index in [1.165, 1.54) is 11.3 Å². The largest absolute Gasteiger partial charge is 0.347 e. The van der Waals surface area contributed by atoms with Crippen LogP contribution in [-0.4, -0.2) is 11.4 Å². The molecule has 0 saturated heterocycles. The molecule has 0 aliphatic heterocycles. The third-order valence-electron chi connectivity index (χ3n) is 2.61. The van der Waals surface area contributed by atoms with Gasteiger partial charge in [-0.05, 0) is 31.9 Å². The van der Waals surface area contributed by atoms with Crippen LogP contribution < -0.4 is 11.1 Å². The lowest BCUT2D eigenvalue weighted by molar-refractivity contribution is -0.123. The van der Waals surface area contributed by atoms with Gasteiger partial charge in [-0.1, -0.05) is 11.6 Å². The molecular formula is C10H14Cl2N2OS. The summed E-state index contributed by atoms with van der Waals surface area (Å²) in [6, 6.07) is 3.74. The van der Waals surface area contributed by atoms with Crippen LogP contribution in [0.1, 0.15) is 30.7 Å². The maximum absolute atomic E-state index is 11.7.